The predicted molar refractivity (Wildman–Crippen MR) is 472 cm³/mol. The minimum Gasteiger partial charge on any atom is -0.481 e. The van der Waals surface area contributed by atoms with E-state index in [0.29, 0.717) is 57.8 Å². The van der Waals surface area contributed by atoms with E-state index in [4.69, 9.17) is 90.0 Å². The molecule has 48 nitrogen and oxygen atoms in total. The van der Waals surface area contributed by atoms with E-state index in [2.05, 4.69) is 52.6 Å². The lowest BCUT2D eigenvalue weighted by atomic mass is 9.73. The molecule has 0 spiro atoms. The maximum absolute atomic E-state index is 11.9. The second-order valence-corrected chi connectivity index (χ2v) is 42.2. The molecule has 0 aromatic carbocycles. The van der Waals surface area contributed by atoms with E-state index < -0.39 is 245 Å². The van der Waals surface area contributed by atoms with Crippen molar-refractivity contribution < 1.29 is 231 Å². The van der Waals surface area contributed by atoms with E-state index in [1.165, 1.54) is 27.7 Å². The molecule has 8 aliphatic heterocycles. The summed E-state index contributed by atoms with van der Waals surface area (Å²) < 4.78 is 98.3. The number of carbonyl (C=O) groups is 24. The maximum Gasteiger partial charge on any atom is 0.344 e. The first-order valence-corrected chi connectivity index (χ1v) is 48.4. The third-order valence-corrected chi connectivity index (χ3v) is 34.8. The molecule has 798 valence electrons. The molecule has 16 aliphatic carbocycles. The Morgan fingerprint density at radius 2 is 0.711 bits per heavy atom. The molecule has 42 atom stereocenters. The average molecular weight is 2090 g/mol. The predicted octanol–water partition coefficient (Wildman–Crippen LogP) is 2.42. The van der Waals surface area contributed by atoms with Crippen LogP contribution in [0.4, 0.5) is 0 Å². The average Bonchev–Trinajstić information content (AvgIpc) is 1.55. The number of aliphatic carboxylic acids is 5. The topological polar surface area (TPSA) is 686 Å². The molecule has 0 aromatic rings. The Morgan fingerprint density at radius 1 is 0.336 bits per heavy atom. The molecule has 0 aromatic heterocycles. The Labute approximate surface area is 844 Å². The molecule has 8 heterocycles. The van der Waals surface area contributed by atoms with Crippen LogP contribution < -0.4 is 0 Å². The highest BCUT2D eigenvalue weighted by Crippen LogP contribution is 2.69. The van der Waals surface area contributed by atoms with Gasteiger partial charge in [0.2, 0.25) is 0 Å². The third-order valence-electron chi connectivity index (χ3n) is 34.8. The lowest BCUT2D eigenvalue weighted by molar-refractivity contribution is -0.251. The highest BCUT2D eigenvalue weighted by atomic mass is 16.8. The summed E-state index contributed by atoms with van der Waals surface area (Å²) in [5.41, 5.74) is -3.00. The molecule has 24 aliphatic rings. The molecule has 24 rings (SSSR count). The van der Waals surface area contributed by atoms with E-state index >= 15 is 0 Å². The second kappa shape index (κ2) is 39.0. The minimum atomic E-state index is -1.42. The number of carbonyl (C=O) groups excluding carboxylic acids is 19. The normalized spacial score (nSPS) is 42.1. The van der Waals surface area contributed by atoms with Crippen molar-refractivity contribution in [3.05, 3.63) is 99.2 Å². The minimum absolute atomic E-state index is 0.00435. The summed E-state index contributed by atoms with van der Waals surface area (Å²) >= 11 is 0. The Bertz CT molecular complexity index is 5920. The van der Waals surface area contributed by atoms with Crippen LogP contribution in [0.25, 0.3) is 0 Å². The highest BCUT2D eigenvalue weighted by molar-refractivity contribution is 6.04. The quantitative estimate of drug-likeness (QED) is 0.0259. The van der Waals surface area contributed by atoms with Crippen molar-refractivity contribution >= 4 is 144 Å². The number of ether oxygens (including phenoxy) is 19. The number of esters is 17. The Hall–Kier alpha value is -14.8. The number of hydrogen-bond donors (Lipinski definition) is 5. The van der Waals surface area contributed by atoms with Crippen LogP contribution in [0.3, 0.4) is 0 Å². The van der Waals surface area contributed by atoms with E-state index in [-0.39, 0.29) is 197 Å². The van der Waals surface area contributed by atoms with Gasteiger partial charge >= 0.3 is 131 Å². The number of carboxylic acid groups (broad SMARTS) is 5. The van der Waals surface area contributed by atoms with Crippen molar-refractivity contribution in [1.82, 2.24) is 0 Å². The van der Waals surface area contributed by atoms with Crippen molar-refractivity contribution in [2.45, 2.75) is 215 Å². The van der Waals surface area contributed by atoms with Crippen LogP contribution >= 0.6 is 0 Å². The van der Waals surface area contributed by atoms with Gasteiger partial charge in [0.25, 0.3) is 24.5 Å². The Morgan fingerprint density at radius 3 is 1.15 bits per heavy atom. The van der Waals surface area contributed by atoms with E-state index in [1.54, 1.807) is 0 Å². The number of fused-ring (bicyclic) bond motifs is 8. The van der Waals surface area contributed by atoms with Gasteiger partial charge in [0.05, 0.1) is 59.2 Å². The van der Waals surface area contributed by atoms with Crippen molar-refractivity contribution in [2.75, 3.05) is 6.61 Å². The first-order valence-electron chi connectivity index (χ1n) is 48.4. The summed E-state index contributed by atoms with van der Waals surface area (Å²) in [6.45, 7) is 33.3. The summed E-state index contributed by atoms with van der Waals surface area (Å²) in [7, 11) is 0. The van der Waals surface area contributed by atoms with Gasteiger partial charge in [0, 0.05) is 124 Å². The van der Waals surface area contributed by atoms with Crippen LogP contribution in [0, 0.1) is 152 Å². The lowest BCUT2D eigenvalue weighted by Crippen LogP contribution is -2.50. The van der Waals surface area contributed by atoms with Crippen molar-refractivity contribution in [3.63, 3.8) is 0 Å². The van der Waals surface area contributed by atoms with Crippen LogP contribution in [-0.4, -0.2) is 273 Å². The van der Waals surface area contributed by atoms with Crippen LogP contribution in [0.2, 0.25) is 0 Å². The third kappa shape index (κ3) is 16.9. The molecule has 8 saturated heterocycles. The summed E-state index contributed by atoms with van der Waals surface area (Å²) in [5, 5.41) is 46.5. The van der Waals surface area contributed by atoms with Crippen molar-refractivity contribution in [2.24, 2.45) is 152 Å². The SMILES string of the molecule is C=C(C)C(=O)OC1C2CC3C(=O)OC1(OC=O)C3C2.C=C(C)C(=O)OC1C2CC3C1OC(=O)C3(C(=O)O)C2.C=C(C)C(=O)OC1C2CC3C1OC(=O)C3C2C(=O)O.C=C(C)C(=O)OCC(=O)OC1C2CC3C(=O)OC1C3C2.C=CC(=O)OC1C2CC3C(=O)OC1(OC=O)C3C2.C=CC(=O)OC1C2CC3C1OC(=O)C3(C(=O)O)C2.C=CC(=O)OC1C2CC3C1OC(=O)C3C2C(=O)O.C=CC(=O)OC1C2OC(=O)C3CC1(C(=O)O)CC32. The summed E-state index contributed by atoms with van der Waals surface area (Å²) in [5.74, 6) is -22.9. The van der Waals surface area contributed by atoms with Gasteiger partial charge < -0.3 is 116 Å². The lowest BCUT2D eigenvalue weighted by Gasteiger charge is -2.34. The zero-order valence-corrected chi connectivity index (χ0v) is 80.4. The molecule has 0 radical (unpaired) electrons. The summed E-state index contributed by atoms with van der Waals surface area (Å²) in [4.78, 5) is 275. The van der Waals surface area contributed by atoms with E-state index in [9.17, 15) is 141 Å². The second-order valence-electron chi connectivity index (χ2n) is 42.2. The molecule has 0 amide bonds. The number of carboxylic acids is 5. The molecule has 24 fully saturated rings. The number of hydrogen-bond acceptors (Lipinski definition) is 43. The highest BCUT2D eigenvalue weighted by Gasteiger charge is 2.81. The van der Waals surface area contributed by atoms with Gasteiger partial charge in [-0.1, -0.05) is 52.6 Å². The smallest absolute Gasteiger partial charge is 0.344 e. The Kier molecular flexibility index (Phi) is 27.7. The monoisotopic (exact) mass is 2090 g/mol. The molecular formula is C101H106O48. The first kappa shape index (κ1) is 106. The van der Waals surface area contributed by atoms with Crippen molar-refractivity contribution in [1.29, 1.82) is 0 Å². The first-order chi connectivity index (χ1) is 70.4. The van der Waals surface area contributed by atoms with Gasteiger partial charge in [-0.3, -0.25) is 71.9 Å². The van der Waals surface area contributed by atoms with Gasteiger partial charge in [-0.05, 0) is 118 Å². The standard InChI is InChI=1S/C14H16O6.3C13H14O6.4C12H12O6/c1-6(2)13(16)18-5-10(15)19-11-7-3-8-9(4-7)14(17)20-12(8)11;1-6(2)11(15)18-10-7-3-8-9(4-7)13(10,17-5-14)19-12(8)16;1-5(2)10(14)18-8-6-3-7-9(8)19-12(17)13(7,4-6)11(15)16;1-4(2)12(16)18-9-5-3-6-8(7(5)11(14)15)13(17)19-10(6)9;1-2-9(14)17-10-6-3-7-8(4-6)12(10,16-5-13)18-11(7)15;1-2-7(13)17-9-8-5-3-12(9,11(15)16)4-6(5)10(14)18-8;1-2-7(13)17-8-5-3-6-9(8)18-11(16)12(6,4-5)10(14)15;1-2-6(13)17-9-4-3-5-8(7(4)11(14)15)12(16)18-10(5)9/h7-9,11-12H,1,3-5H2,2H3;5,7-10H,1,3-4H2,2H3;6-9H,1,3-4H2,2H3,(H,15,16);5-10H,1,3H2,2H3,(H,14,15);2,5-8,10H,1,3-4H2;2,5-6,8-9H,1,3-4H2,(H,15,16);2,5-6,8-9H,1,3-4H2,(H,14,15);2,4-5,7-10H,1,3H2,(H,14,15). The summed E-state index contributed by atoms with van der Waals surface area (Å²) in [6.07, 6.45) is 3.15. The van der Waals surface area contributed by atoms with Crippen molar-refractivity contribution in [3.8, 4) is 0 Å². The molecule has 149 heavy (non-hydrogen) atoms. The van der Waals surface area contributed by atoms with Gasteiger partial charge in [0.1, 0.15) is 72.6 Å². The molecule has 5 N–H and O–H groups in total. The Balaban J connectivity index is 0.000000116. The van der Waals surface area contributed by atoms with E-state index in [1.807, 2.05) is 0 Å². The van der Waals surface area contributed by atoms with Crippen LogP contribution in [0.1, 0.15) is 118 Å². The summed E-state index contributed by atoms with van der Waals surface area (Å²) in [6, 6.07) is 0. The van der Waals surface area contributed by atoms with Crippen LogP contribution in [0.15, 0.2) is 99.2 Å². The molecule has 48 heteroatoms. The molecular weight excluding hydrogens is 1980 g/mol. The maximum atomic E-state index is 11.9. The zero-order valence-electron chi connectivity index (χ0n) is 80.4. The zero-order chi connectivity index (χ0) is 108. The van der Waals surface area contributed by atoms with E-state index in [0.717, 1.165) is 37.1 Å². The fraction of sp³-hybridized carbons (Fsp3) is 0.604. The number of rotatable bonds is 27. The largest absolute Gasteiger partial charge is 0.481 e. The fourth-order valence-corrected chi connectivity index (χ4v) is 28.9. The molecule has 16 saturated carbocycles. The van der Waals surface area contributed by atoms with Crippen LogP contribution in [-0.2, 0) is 205 Å². The molecule has 42 unspecified atom stereocenters. The van der Waals surface area contributed by atoms with Gasteiger partial charge in [-0.2, -0.15) is 0 Å². The van der Waals surface area contributed by atoms with Gasteiger partial charge in [-0.15, -0.1) is 0 Å². The fourth-order valence-electron chi connectivity index (χ4n) is 28.9. The molecule has 16 bridgehead atoms. The van der Waals surface area contributed by atoms with Gasteiger partial charge in [-0.25, -0.2) is 43.2 Å². The van der Waals surface area contributed by atoms with Crippen LogP contribution in [0.5, 0.6) is 0 Å². The van der Waals surface area contributed by atoms with Gasteiger partial charge in [0.15, 0.2) is 35.7 Å².